The van der Waals surface area contributed by atoms with Gasteiger partial charge in [0.1, 0.15) is 11.6 Å². The summed E-state index contributed by atoms with van der Waals surface area (Å²) in [4.78, 5) is 13.8. The van der Waals surface area contributed by atoms with Crippen molar-refractivity contribution in [2.45, 2.75) is 37.5 Å². The third kappa shape index (κ3) is 3.72. The molecule has 3 rings (SSSR count). The lowest BCUT2D eigenvalue weighted by molar-refractivity contribution is -0.127. The highest BCUT2D eigenvalue weighted by Crippen LogP contribution is 2.38. The molecule has 0 aliphatic heterocycles. The molecule has 1 aliphatic rings. The maximum absolute atomic E-state index is 13.7. The van der Waals surface area contributed by atoms with E-state index in [9.17, 15) is 9.18 Å². The molecular formula is C16H19FN4OS. The Balaban J connectivity index is 1.58. The first-order valence-corrected chi connectivity index (χ1v) is 8.56. The van der Waals surface area contributed by atoms with E-state index in [2.05, 4.69) is 14.8 Å². The van der Waals surface area contributed by atoms with Gasteiger partial charge in [0.25, 0.3) is 0 Å². The van der Waals surface area contributed by atoms with Crippen LogP contribution in [0.4, 0.5) is 4.39 Å². The lowest BCUT2D eigenvalue weighted by Gasteiger charge is -2.17. The van der Waals surface area contributed by atoms with Crippen LogP contribution >= 0.6 is 11.8 Å². The van der Waals surface area contributed by atoms with Crippen LogP contribution in [0.15, 0.2) is 29.4 Å². The van der Waals surface area contributed by atoms with E-state index < -0.39 is 0 Å². The van der Waals surface area contributed by atoms with E-state index in [1.165, 1.54) is 22.7 Å². The number of nitrogens with zero attached hydrogens (tertiary/aromatic N) is 4. The molecule has 1 aromatic heterocycles. The molecule has 5 nitrogen and oxygen atoms in total. The minimum atomic E-state index is -0.288. The van der Waals surface area contributed by atoms with Crippen LogP contribution in [-0.4, -0.2) is 38.4 Å². The lowest BCUT2D eigenvalue weighted by Crippen LogP contribution is -2.28. The van der Waals surface area contributed by atoms with Gasteiger partial charge in [-0.05, 0) is 25.8 Å². The Hall–Kier alpha value is -1.89. The van der Waals surface area contributed by atoms with Crippen molar-refractivity contribution < 1.29 is 9.18 Å². The number of amides is 1. The number of aromatic nitrogens is 3. The Labute approximate surface area is 138 Å². The molecule has 0 unspecified atom stereocenters. The standard InChI is InChI=1S/C16H19FN4OS/c1-11-18-19-16(21(11)13-7-8-13)23-10-15(22)20(2)9-12-5-3-4-6-14(12)17/h3-6,13H,7-10H2,1-2H3. The van der Waals surface area contributed by atoms with E-state index in [0.29, 0.717) is 11.6 Å². The summed E-state index contributed by atoms with van der Waals surface area (Å²) in [5, 5.41) is 9.04. The molecule has 1 heterocycles. The molecule has 1 aliphatic carbocycles. The smallest absolute Gasteiger partial charge is 0.233 e. The van der Waals surface area contributed by atoms with Crippen molar-refractivity contribution in [3.63, 3.8) is 0 Å². The molecule has 23 heavy (non-hydrogen) atoms. The molecule has 0 atom stereocenters. The summed E-state index contributed by atoms with van der Waals surface area (Å²) in [6.07, 6.45) is 2.29. The molecule has 1 saturated carbocycles. The zero-order valence-corrected chi connectivity index (χ0v) is 14.0. The number of hydrogen-bond acceptors (Lipinski definition) is 4. The van der Waals surface area contributed by atoms with E-state index in [-0.39, 0.29) is 24.0 Å². The van der Waals surface area contributed by atoms with Gasteiger partial charge in [-0.25, -0.2) is 4.39 Å². The number of carbonyl (C=O) groups is 1. The fourth-order valence-electron chi connectivity index (χ4n) is 2.41. The van der Waals surface area contributed by atoms with Crippen molar-refractivity contribution in [2.75, 3.05) is 12.8 Å². The highest BCUT2D eigenvalue weighted by atomic mass is 32.2. The Morgan fingerprint density at radius 3 is 2.83 bits per heavy atom. The summed E-state index contributed by atoms with van der Waals surface area (Å²) in [6, 6.07) is 7.00. The van der Waals surface area contributed by atoms with Crippen LogP contribution in [0.3, 0.4) is 0 Å². The minimum absolute atomic E-state index is 0.0544. The van der Waals surface area contributed by atoms with Crippen LogP contribution in [0.25, 0.3) is 0 Å². The molecule has 122 valence electrons. The predicted molar refractivity (Wildman–Crippen MR) is 86.6 cm³/mol. The molecule has 0 radical (unpaired) electrons. The monoisotopic (exact) mass is 334 g/mol. The van der Waals surface area contributed by atoms with Gasteiger partial charge in [0.15, 0.2) is 5.16 Å². The quantitative estimate of drug-likeness (QED) is 0.762. The Kier molecular flexibility index (Phi) is 4.66. The Morgan fingerprint density at radius 1 is 1.39 bits per heavy atom. The van der Waals surface area contributed by atoms with Gasteiger partial charge in [-0.15, -0.1) is 10.2 Å². The van der Waals surface area contributed by atoms with Crippen molar-refractivity contribution in [1.29, 1.82) is 0 Å². The summed E-state index contributed by atoms with van der Waals surface area (Å²) >= 11 is 1.39. The second-order valence-electron chi connectivity index (χ2n) is 5.76. The van der Waals surface area contributed by atoms with E-state index in [1.807, 2.05) is 6.92 Å². The van der Waals surface area contributed by atoms with Gasteiger partial charge in [-0.2, -0.15) is 0 Å². The average molecular weight is 334 g/mol. The number of rotatable bonds is 6. The van der Waals surface area contributed by atoms with Crippen molar-refractivity contribution >= 4 is 17.7 Å². The van der Waals surface area contributed by atoms with E-state index in [4.69, 9.17) is 0 Å². The number of halogens is 1. The fraction of sp³-hybridized carbons (Fsp3) is 0.438. The number of thioether (sulfide) groups is 1. The fourth-order valence-corrected chi connectivity index (χ4v) is 3.40. The number of hydrogen-bond donors (Lipinski definition) is 0. The summed E-state index contributed by atoms with van der Waals surface area (Å²) in [7, 11) is 1.69. The highest BCUT2D eigenvalue weighted by molar-refractivity contribution is 7.99. The van der Waals surface area contributed by atoms with E-state index >= 15 is 0 Å². The third-order valence-corrected chi connectivity index (χ3v) is 4.79. The van der Waals surface area contributed by atoms with Crippen molar-refractivity contribution in [3.8, 4) is 0 Å². The van der Waals surface area contributed by atoms with Crippen molar-refractivity contribution in [3.05, 3.63) is 41.5 Å². The zero-order valence-electron chi connectivity index (χ0n) is 13.2. The van der Waals surface area contributed by atoms with Crippen LogP contribution in [-0.2, 0) is 11.3 Å². The first kappa shape index (κ1) is 16.0. The molecular weight excluding hydrogens is 315 g/mol. The largest absolute Gasteiger partial charge is 0.341 e. The Bertz CT molecular complexity index is 714. The van der Waals surface area contributed by atoms with Gasteiger partial charge in [-0.1, -0.05) is 30.0 Å². The Morgan fingerprint density at radius 2 is 2.13 bits per heavy atom. The zero-order chi connectivity index (χ0) is 16.4. The molecule has 0 spiro atoms. The predicted octanol–water partition coefficient (Wildman–Crippen LogP) is 2.81. The maximum atomic E-state index is 13.7. The molecule has 1 fully saturated rings. The van der Waals surface area contributed by atoms with Crippen molar-refractivity contribution in [1.82, 2.24) is 19.7 Å². The van der Waals surface area contributed by atoms with E-state index in [0.717, 1.165) is 23.8 Å². The van der Waals surface area contributed by atoms with Crippen LogP contribution in [0, 0.1) is 12.7 Å². The molecule has 0 saturated heterocycles. The van der Waals surface area contributed by atoms with Crippen molar-refractivity contribution in [2.24, 2.45) is 0 Å². The van der Waals surface area contributed by atoms with Gasteiger partial charge in [-0.3, -0.25) is 4.79 Å². The second kappa shape index (κ2) is 6.70. The SMILES string of the molecule is Cc1nnc(SCC(=O)N(C)Cc2ccccc2F)n1C1CC1. The highest BCUT2D eigenvalue weighted by Gasteiger charge is 2.28. The summed E-state index contributed by atoms with van der Waals surface area (Å²) in [5.41, 5.74) is 0.519. The first-order valence-electron chi connectivity index (χ1n) is 7.58. The minimum Gasteiger partial charge on any atom is -0.341 e. The maximum Gasteiger partial charge on any atom is 0.233 e. The topological polar surface area (TPSA) is 51.0 Å². The first-order chi connectivity index (χ1) is 11.1. The molecule has 0 N–H and O–H groups in total. The van der Waals surface area contributed by atoms with Crippen LogP contribution in [0.1, 0.15) is 30.3 Å². The van der Waals surface area contributed by atoms with Gasteiger partial charge < -0.3 is 9.47 Å². The van der Waals surface area contributed by atoms with Gasteiger partial charge >= 0.3 is 0 Å². The molecule has 0 bridgehead atoms. The third-order valence-electron chi connectivity index (χ3n) is 3.86. The van der Waals surface area contributed by atoms with Crippen LogP contribution in [0.5, 0.6) is 0 Å². The lowest BCUT2D eigenvalue weighted by atomic mass is 10.2. The number of benzene rings is 1. The second-order valence-corrected chi connectivity index (χ2v) is 6.70. The molecule has 7 heteroatoms. The summed E-state index contributed by atoms with van der Waals surface area (Å²) < 4.78 is 15.8. The van der Waals surface area contributed by atoms with Crippen LogP contribution < -0.4 is 0 Å². The van der Waals surface area contributed by atoms with Crippen LogP contribution in [0.2, 0.25) is 0 Å². The van der Waals surface area contributed by atoms with Gasteiger partial charge in [0.05, 0.1) is 5.75 Å². The molecule has 1 amide bonds. The normalized spacial score (nSPS) is 14.0. The molecule has 1 aromatic carbocycles. The summed E-state index contributed by atoms with van der Waals surface area (Å²) in [6.45, 7) is 2.20. The number of carbonyl (C=O) groups excluding carboxylic acids is 1. The number of aryl methyl sites for hydroxylation is 1. The average Bonchev–Trinajstić information content (AvgIpc) is 3.30. The van der Waals surface area contributed by atoms with Gasteiger partial charge in [0, 0.05) is 25.2 Å². The van der Waals surface area contributed by atoms with E-state index in [1.54, 1.807) is 25.2 Å². The molecule has 2 aromatic rings. The summed E-state index contributed by atoms with van der Waals surface area (Å²) in [5.74, 6) is 0.822. The van der Waals surface area contributed by atoms with Gasteiger partial charge in [0.2, 0.25) is 5.91 Å².